The fourth-order valence-corrected chi connectivity index (χ4v) is 2.11. The van der Waals surface area contributed by atoms with Crippen LogP contribution in [-0.2, 0) is 6.54 Å². The number of aryl methyl sites for hydroxylation is 1. The van der Waals surface area contributed by atoms with Gasteiger partial charge in [-0.2, -0.15) is 0 Å². The number of rotatable bonds is 4. The van der Waals surface area contributed by atoms with E-state index in [1.807, 2.05) is 50.4 Å². The Morgan fingerprint density at radius 3 is 2.83 bits per heavy atom. The molecule has 94 valence electrons. The summed E-state index contributed by atoms with van der Waals surface area (Å²) in [4.78, 5) is 4.42. The van der Waals surface area contributed by atoms with E-state index in [-0.39, 0.29) is 0 Å². The zero-order valence-electron chi connectivity index (χ0n) is 10.4. The molecule has 0 aliphatic heterocycles. The standard InChI is InChI=1S/C14H15BrN2O/c1-10-8-11(15)6-7-13(10)18-14-5-3-4-12(17-14)9-16-2/h3-8,16H,9H2,1-2H3. The summed E-state index contributed by atoms with van der Waals surface area (Å²) in [6.45, 7) is 2.74. The van der Waals surface area contributed by atoms with Crippen LogP contribution in [0.25, 0.3) is 0 Å². The Kier molecular flexibility index (Phi) is 4.33. The van der Waals surface area contributed by atoms with Crippen LogP contribution in [-0.4, -0.2) is 12.0 Å². The number of halogens is 1. The Hall–Kier alpha value is -1.39. The molecule has 4 heteroatoms. The van der Waals surface area contributed by atoms with E-state index in [9.17, 15) is 0 Å². The van der Waals surface area contributed by atoms with Crippen molar-refractivity contribution in [3.8, 4) is 11.6 Å². The lowest BCUT2D eigenvalue weighted by Crippen LogP contribution is -2.07. The number of nitrogens with zero attached hydrogens (tertiary/aromatic N) is 1. The Morgan fingerprint density at radius 1 is 1.28 bits per heavy atom. The number of pyridine rings is 1. The van der Waals surface area contributed by atoms with E-state index < -0.39 is 0 Å². The van der Waals surface area contributed by atoms with Gasteiger partial charge in [-0.05, 0) is 43.8 Å². The van der Waals surface area contributed by atoms with E-state index in [4.69, 9.17) is 4.74 Å². The van der Waals surface area contributed by atoms with Crippen molar-refractivity contribution < 1.29 is 4.74 Å². The van der Waals surface area contributed by atoms with Crippen molar-refractivity contribution in [2.45, 2.75) is 13.5 Å². The minimum absolute atomic E-state index is 0.619. The minimum atomic E-state index is 0.619. The highest BCUT2D eigenvalue weighted by Gasteiger charge is 2.03. The second-order valence-electron chi connectivity index (χ2n) is 4.01. The first-order valence-electron chi connectivity index (χ1n) is 5.73. The van der Waals surface area contributed by atoms with Gasteiger partial charge in [0.25, 0.3) is 0 Å². The van der Waals surface area contributed by atoms with Gasteiger partial charge in [-0.3, -0.25) is 0 Å². The number of aromatic nitrogens is 1. The van der Waals surface area contributed by atoms with E-state index in [2.05, 4.69) is 26.2 Å². The van der Waals surface area contributed by atoms with Crippen LogP contribution in [0, 0.1) is 6.92 Å². The summed E-state index contributed by atoms with van der Waals surface area (Å²) in [6.07, 6.45) is 0. The first-order chi connectivity index (χ1) is 8.69. The van der Waals surface area contributed by atoms with E-state index in [0.29, 0.717) is 5.88 Å². The Labute approximate surface area is 115 Å². The molecule has 0 spiro atoms. The quantitative estimate of drug-likeness (QED) is 0.936. The summed E-state index contributed by atoms with van der Waals surface area (Å²) < 4.78 is 6.84. The van der Waals surface area contributed by atoms with Gasteiger partial charge in [-0.1, -0.05) is 22.0 Å². The molecule has 0 bridgehead atoms. The third-order valence-electron chi connectivity index (χ3n) is 2.49. The average molecular weight is 307 g/mol. The maximum atomic E-state index is 5.79. The highest BCUT2D eigenvalue weighted by Crippen LogP contribution is 2.26. The van der Waals surface area contributed by atoms with Crippen molar-refractivity contribution in [3.63, 3.8) is 0 Å². The zero-order valence-corrected chi connectivity index (χ0v) is 12.0. The predicted molar refractivity (Wildman–Crippen MR) is 76.0 cm³/mol. The van der Waals surface area contributed by atoms with Crippen molar-refractivity contribution in [1.82, 2.24) is 10.3 Å². The predicted octanol–water partition coefficient (Wildman–Crippen LogP) is 3.66. The molecule has 0 radical (unpaired) electrons. The van der Waals surface area contributed by atoms with Gasteiger partial charge in [-0.25, -0.2) is 4.98 Å². The zero-order chi connectivity index (χ0) is 13.0. The largest absolute Gasteiger partial charge is 0.439 e. The number of benzene rings is 1. The van der Waals surface area contributed by atoms with Crippen LogP contribution in [0.2, 0.25) is 0 Å². The van der Waals surface area contributed by atoms with Crippen LogP contribution in [0.5, 0.6) is 11.6 Å². The molecule has 2 aromatic rings. The summed E-state index contributed by atoms with van der Waals surface area (Å²) in [5.74, 6) is 1.44. The molecule has 1 N–H and O–H groups in total. The summed E-state index contributed by atoms with van der Waals surface area (Å²) >= 11 is 3.43. The van der Waals surface area contributed by atoms with Crippen molar-refractivity contribution in [3.05, 3.63) is 52.1 Å². The molecule has 0 aliphatic rings. The van der Waals surface area contributed by atoms with Crippen molar-refractivity contribution in [2.24, 2.45) is 0 Å². The van der Waals surface area contributed by atoms with Gasteiger partial charge < -0.3 is 10.1 Å². The van der Waals surface area contributed by atoms with E-state index in [1.165, 1.54) is 0 Å². The topological polar surface area (TPSA) is 34.1 Å². The van der Waals surface area contributed by atoms with Gasteiger partial charge >= 0.3 is 0 Å². The lowest BCUT2D eigenvalue weighted by Gasteiger charge is -2.09. The van der Waals surface area contributed by atoms with E-state index in [0.717, 1.165) is 28.0 Å². The Bertz CT molecular complexity index is 543. The maximum Gasteiger partial charge on any atom is 0.219 e. The van der Waals surface area contributed by atoms with Crippen LogP contribution in [0.1, 0.15) is 11.3 Å². The van der Waals surface area contributed by atoms with Gasteiger partial charge in [-0.15, -0.1) is 0 Å². The third-order valence-corrected chi connectivity index (χ3v) is 2.98. The highest BCUT2D eigenvalue weighted by molar-refractivity contribution is 9.10. The average Bonchev–Trinajstić information content (AvgIpc) is 2.34. The molecule has 3 nitrogen and oxygen atoms in total. The molecule has 0 aliphatic carbocycles. The van der Waals surface area contributed by atoms with Gasteiger partial charge in [0.15, 0.2) is 0 Å². The van der Waals surface area contributed by atoms with Gasteiger partial charge in [0.05, 0.1) is 5.69 Å². The van der Waals surface area contributed by atoms with Crippen LogP contribution >= 0.6 is 15.9 Å². The molecule has 18 heavy (non-hydrogen) atoms. The van der Waals surface area contributed by atoms with Crippen LogP contribution in [0.4, 0.5) is 0 Å². The number of nitrogens with one attached hydrogen (secondary N) is 1. The molecule has 0 amide bonds. The molecule has 0 atom stereocenters. The molecule has 0 unspecified atom stereocenters. The molecule has 1 heterocycles. The SMILES string of the molecule is CNCc1cccc(Oc2ccc(Br)cc2C)n1. The van der Waals surface area contributed by atoms with E-state index in [1.54, 1.807) is 0 Å². The summed E-state index contributed by atoms with van der Waals surface area (Å²) in [5.41, 5.74) is 2.04. The summed E-state index contributed by atoms with van der Waals surface area (Å²) in [5, 5.41) is 3.07. The second kappa shape index (κ2) is 5.98. The lowest BCUT2D eigenvalue weighted by molar-refractivity contribution is 0.456. The molecule has 0 saturated carbocycles. The van der Waals surface area contributed by atoms with E-state index >= 15 is 0 Å². The number of hydrogen-bond acceptors (Lipinski definition) is 3. The maximum absolute atomic E-state index is 5.79. The first-order valence-corrected chi connectivity index (χ1v) is 6.53. The lowest BCUT2D eigenvalue weighted by atomic mass is 10.2. The molecule has 0 fully saturated rings. The van der Waals surface area contributed by atoms with Gasteiger partial charge in [0.2, 0.25) is 5.88 Å². The smallest absolute Gasteiger partial charge is 0.219 e. The molecule has 1 aromatic carbocycles. The van der Waals surface area contributed by atoms with Crippen LogP contribution in [0.15, 0.2) is 40.9 Å². The van der Waals surface area contributed by atoms with Crippen molar-refractivity contribution >= 4 is 15.9 Å². The molecule has 2 rings (SSSR count). The fourth-order valence-electron chi connectivity index (χ4n) is 1.63. The normalized spacial score (nSPS) is 10.4. The van der Waals surface area contributed by atoms with Crippen molar-refractivity contribution in [1.29, 1.82) is 0 Å². The van der Waals surface area contributed by atoms with Gasteiger partial charge in [0.1, 0.15) is 5.75 Å². The van der Waals surface area contributed by atoms with Gasteiger partial charge in [0, 0.05) is 17.1 Å². The fraction of sp³-hybridized carbons (Fsp3) is 0.214. The monoisotopic (exact) mass is 306 g/mol. The summed E-state index contributed by atoms with van der Waals surface area (Å²) in [6, 6.07) is 11.7. The first kappa shape index (κ1) is 13.1. The number of hydrogen-bond donors (Lipinski definition) is 1. The molecular weight excluding hydrogens is 292 g/mol. The number of ether oxygens (including phenoxy) is 1. The highest BCUT2D eigenvalue weighted by atomic mass is 79.9. The molecule has 1 aromatic heterocycles. The Morgan fingerprint density at radius 2 is 2.11 bits per heavy atom. The Balaban J connectivity index is 2.20. The van der Waals surface area contributed by atoms with Crippen molar-refractivity contribution in [2.75, 3.05) is 7.05 Å². The second-order valence-corrected chi connectivity index (χ2v) is 4.93. The van der Waals surface area contributed by atoms with Crippen LogP contribution < -0.4 is 10.1 Å². The van der Waals surface area contributed by atoms with Crippen LogP contribution in [0.3, 0.4) is 0 Å². The molecule has 0 saturated heterocycles. The minimum Gasteiger partial charge on any atom is -0.439 e. The third kappa shape index (κ3) is 3.31. The summed E-state index contributed by atoms with van der Waals surface area (Å²) in [7, 11) is 1.90. The molecular formula is C14H15BrN2O.